The third-order valence-corrected chi connectivity index (χ3v) is 4.34. The summed E-state index contributed by atoms with van der Waals surface area (Å²) in [4.78, 5) is 0.903. The number of rotatable bonds is 4. The van der Waals surface area contributed by atoms with Crippen molar-refractivity contribution in [2.75, 3.05) is 5.32 Å². The molecular weight excluding hydrogens is 347 g/mol. The van der Waals surface area contributed by atoms with Crippen LogP contribution < -0.4 is 5.32 Å². The number of aromatic amines is 1. The predicted octanol–water partition coefficient (Wildman–Crippen LogP) is 5.51. The Morgan fingerprint density at radius 3 is 2.52 bits per heavy atom. The van der Waals surface area contributed by atoms with Crippen LogP contribution in [0.1, 0.15) is 11.6 Å². The summed E-state index contributed by atoms with van der Waals surface area (Å²) in [5.74, 6) is 0.130. The van der Waals surface area contributed by atoms with Gasteiger partial charge in [-0.1, -0.05) is 29.8 Å². The van der Waals surface area contributed by atoms with Crippen molar-refractivity contribution < 1.29 is 13.2 Å². The molecule has 0 amide bonds. The van der Waals surface area contributed by atoms with E-state index >= 15 is 0 Å². The second kappa shape index (κ2) is 6.25. The van der Waals surface area contributed by atoms with Gasteiger partial charge in [-0.15, -0.1) is 11.3 Å². The van der Waals surface area contributed by atoms with Crippen LogP contribution in [0.4, 0.5) is 19.0 Å². The third-order valence-electron chi connectivity index (χ3n) is 3.19. The fraction of sp³-hybridized carbons (Fsp3) is 0.133. The lowest BCUT2D eigenvalue weighted by Gasteiger charge is -2.21. The molecule has 0 saturated carbocycles. The van der Waals surface area contributed by atoms with E-state index in [1.54, 1.807) is 6.07 Å². The minimum Gasteiger partial charge on any atom is -0.354 e. The van der Waals surface area contributed by atoms with Gasteiger partial charge in [-0.2, -0.15) is 18.3 Å². The van der Waals surface area contributed by atoms with E-state index in [1.807, 2.05) is 17.5 Å². The number of nitrogens with one attached hydrogen (secondary N) is 2. The number of hydrogen-bond donors (Lipinski definition) is 2. The van der Waals surface area contributed by atoms with Gasteiger partial charge in [0.25, 0.3) is 0 Å². The van der Waals surface area contributed by atoms with Gasteiger partial charge in [0.2, 0.25) is 0 Å². The molecule has 0 spiro atoms. The normalized spacial score (nSPS) is 13.0. The Balaban J connectivity index is 1.86. The average Bonchev–Trinajstić information content (AvgIpc) is 3.16. The molecule has 120 valence electrons. The van der Waals surface area contributed by atoms with E-state index in [0.717, 1.165) is 4.88 Å². The quantitative estimate of drug-likeness (QED) is 0.646. The first kappa shape index (κ1) is 15.9. The molecule has 1 unspecified atom stereocenters. The molecule has 8 heteroatoms. The van der Waals surface area contributed by atoms with Gasteiger partial charge in [0.1, 0.15) is 11.9 Å². The molecule has 3 aromatic rings. The van der Waals surface area contributed by atoms with Crippen LogP contribution in [-0.4, -0.2) is 16.4 Å². The van der Waals surface area contributed by atoms with Crippen LogP contribution in [0.2, 0.25) is 5.02 Å². The highest BCUT2D eigenvalue weighted by Gasteiger charge is 2.41. The lowest BCUT2D eigenvalue weighted by Crippen LogP contribution is -2.28. The Hall–Kier alpha value is -1.99. The van der Waals surface area contributed by atoms with Crippen molar-refractivity contribution in [3.63, 3.8) is 0 Å². The van der Waals surface area contributed by atoms with Crippen LogP contribution in [0.15, 0.2) is 47.8 Å². The first-order valence-corrected chi connectivity index (χ1v) is 7.87. The highest BCUT2D eigenvalue weighted by atomic mass is 35.5. The van der Waals surface area contributed by atoms with E-state index in [2.05, 4.69) is 15.5 Å². The maximum Gasteiger partial charge on any atom is 0.412 e. The van der Waals surface area contributed by atoms with Crippen molar-refractivity contribution in [3.05, 3.63) is 58.4 Å². The maximum atomic E-state index is 13.3. The average molecular weight is 358 g/mol. The van der Waals surface area contributed by atoms with E-state index in [4.69, 9.17) is 11.6 Å². The zero-order valence-corrected chi connectivity index (χ0v) is 13.1. The number of benzene rings is 1. The highest BCUT2D eigenvalue weighted by molar-refractivity contribution is 7.13. The van der Waals surface area contributed by atoms with E-state index in [-0.39, 0.29) is 11.4 Å². The van der Waals surface area contributed by atoms with Gasteiger partial charge in [-0.05, 0) is 29.1 Å². The Labute approximate surface area is 139 Å². The van der Waals surface area contributed by atoms with Crippen molar-refractivity contribution in [1.82, 2.24) is 10.2 Å². The largest absolute Gasteiger partial charge is 0.412 e. The maximum absolute atomic E-state index is 13.3. The van der Waals surface area contributed by atoms with Crippen LogP contribution in [0.3, 0.4) is 0 Å². The van der Waals surface area contributed by atoms with Gasteiger partial charge in [-0.25, -0.2) is 0 Å². The number of anilines is 1. The summed E-state index contributed by atoms with van der Waals surface area (Å²) in [7, 11) is 0. The summed E-state index contributed by atoms with van der Waals surface area (Å²) < 4.78 is 40.0. The number of aromatic nitrogens is 2. The van der Waals surface area contributed by atoms with Crippen LogP contribution in [0.25, 0.3) is 10.6 Å². The van der Waals surface area contributed by atoms with Gasteiger partial charge in [-0.3, -0.25) is 5.10 Å². The molecule has 3 rings (SSSR count). The number of nitrogens with zero attached hydrogens (tertiary/aromatic N) is 1. The lowest BCUT2D eigenvalue weighted by atomic mass is 10.1. The minimum absolute atomic E-state index is 0.0718. The molecule has 0 aliphatic carbocycles. The molecule has 0 aliphatic heterocycles. The van der Waals surface area contributed by atoms with Crippen LogP contribution in [0, 0.1) is 0 Å². The van der Waals surface area contributed by atoms with Gasteiger partial charge in [0.15, 0.2) is 0 Å². The van der Waals surface area contributed by atoms with E-state index in [9.17, 15) is 13.2 Å². The minimum atomic E-state index is -4.46. The van der Waals surface area contributed by atoms with Crippen molar-refractivity contribution in [1.29, 1.82) is 0 Å². The van der Waals surface area contributed by atoms with Gasteiger partial charge in [0, 0.05) is 11.1 Å². The molecule has 1 atom stereocenters. The Kier molecular flexibility index (Phi) is 4.32. The fourth-order valence-electron chi connectivity index (χ4n) is 2.11. The highest BCUT2D eigenvalue weighted by Crippen LogP contribution is 2.36. The number of alkyl halides is 3. The zero-order chi connectivity index (χ0) is 16.4. The lowest BCUT2D eigenvalue weighted by molar-refractivity contribution is -0.144. The molecule has 2 N–H and O–H groups in total. The standard InChI is InChI=1S/C15H11ClF3N3S/c16-10-5-3-9(4-6-10)14(15(17,18)19)20-13-8-11(21-22-13)12-2-1-7-23-12/h1-8,14H,(H2,20,21,22). The molecule has 2 aromatic heterocycles. The first-order valence-electron chi connectivity index (χ1n) is 6.61. The molecule has 0 radical (unpaired) electrons. The second-order valence-electron chi connectivity index (χ2n) is 4.81. The number of thiophene rings is 1. The number of halogens is 4. The zero-order valence-electron chi connectivity index (χ0n) is 11.6. The van der Waals surface area contributed by atoms with Gasteiger partial charge in [0.05, 0.1) is 10.6 Å². The van der Waals surface area contributed by atoms with Crippen LogP contribution >= 0.6 is 22.9 Å². The van der Waals surface area contributed by atoms with E-state index in [0.29, 0.717) is 10.7 Å². The summed E-state index contributed by atoms with van der Waals surface area (Å²) in [5.41, 5.74) is 0.738. The molecule has 3 nitrogen and oxygen atoms in total. The first-order chi connectivity index (χ1) is 10.9. The van der Waals surface area contributed by atoms with E-state index in [1.165, 1.54) is 35.6 Å². The second-order valence-corrected chi connectivity index (χ2v) is 6.20. The fourth-order valence-corrected chi connectivity index (χ4v) is 2.93. The smallest absolute Gasteiger partial charge is 0.354 e. The van der Waals surface area contributed by atoms with Crippen LogP contribution in [-0.2, 0) is 0 Å². The topological polar surface area (TPSA) is 40.7 Å². The monoisotopic (exact) mass is 357 g/mol. The molecule has 0 bridgehead atoms. The SMILES string of the molecule is FC(F)(F)C(Nc1cc(-c2cccs2)[nH]n1)c1ccc(Cl)cc1. The summed E-state index contributed by atoms with van der Waals surface area (Å²) >= 11 is 7.21. The summed E-state index contributed by atoms with van der Waals surface area (Å²) in [5, 5.41) is 11.3. The molecule has 23 heavy (non-hydrogen) atoms. The van der Waals surface area contributed by atoms with E-state index < -0.39 is 12.2 Å². The third kappa shape index (κ3) is 3.68. The van der Waals surface area contributed by atoms with Crippen molar-refractivity contribution in [2.24, 2.45) is 0 Å². The molecule has 0 fully saturated rings. The molecule has 0 saturated heterocycles. The molecule has 1 aromatic carbocycles. The summed E-state index contributed by atoms with van der Waals surface area (Å²) in [6.07, 6.45) is -4.46. The number of H-pyrrole nitrogens is 1. The van der Waals surface area contributed by atoms with Crippen LogP contribution in [0.5, 0.6) is 0 Å². The van der Waals surface area contributed by atoms with Gasteiger partial charge >= 0.3 is 6.18 Å². The Morgan fingerprint density at radius 2 is 1.91 bits per heavy atom. The molecule has 2 heterocycles. The predicted molar refractivity (Wildman–Crippen MR) is 85.8 cm³/mol. The Bertz CT molecular complexity index is 766. The van der Waals surface area contributed by atoms with Crippen molar-refractivity contribution in [2.45, 2.75) is 12.2 Å². The number of hydrogen-bond acceptors (Lipinski definition) is 3. The van der Waals surface area contributed by atoms with Crippen molar-refractivity contribution in [3.8, 4) is 10.6 Å². The summed E-state index contributed by atoms with van der Waals surface area (Å²) in [6, 6.07) is 8.97. The van der Waals surface area contributed by atoms with Gasteiger partial charge < -0.3 is 5.32 Å². The molecular formula is C15H11ClF3N3S. The van der Waals surface area contributed by atoms with Crippen molar-refractivity contribution >= 4 is 28.8 Å². The molecule has 0 aliphatic rings. The summed E-state index contributed by atoms with van der Waals surface area (Å²) in [6.45, 7) is 0. The Morgan fingerprint density at radius 1 is 1.17 bits per heavy atom.